The molecule has 0 aliphatic carbocycles. The Hall–Kier alpha value is -5.00. The number of benzene rings is 1. The Morgan fingerprint density at radius 2 is 1.83 bits per heavy atom. The Balaban J connectivity index is 1.64. The van der Waals surface area contributed by atoms with Crippen LogP contribution in [0, 0.1) is 0 Å². The molecule has 0 aliphatic heterocycles. The Labute approximate surface area is 206 Å². The summed E-state index contributed by atoms with van der Waals surface area (Å²) in [7, 11) is 3.31. The first kappa shape index (κ1) is 24.1. The lowest BCUT2D eigenvalue weighted by atomic mass is 10.1. The summed E-state index contributed by atoms with van der Waals surface area (Å²) in [6.45, 7) is 2.01. The van der Waals surface area contributed by atoms with Gasteiger partial charge in [0.15, 0.2) is 11.6 Å². The SMILES string of the molecule is CCOC(=O)c1ccc(Nc2cc(Nc3cccc(-c4ncn(C)n4)c3OC)c(C(N)=O)cn2)nc1. The van der Waals surface area contributed by atoms with E-state index in [4.69, 9.17) is 15.2 Å². The second kappa shape index (κ2) is 10.5. The van der Waals surface area contributed by atoms with Gasteiger partial charge in [-0.05, 0) is 31.2 Å². The molecule has 3 aromatic heterocycles. The smallest absolute Gasteiger partial charge is 0.339 e. The van der Waals surface area contributed by atoms with Gasteiger partial charge in [0.05, 0.1) is 41.8 Å². The third-order valence-corrected chi connectivity index (χ3v) is 5.03. The van der Waals surface area contributed by atoms with Gasteiger partial charge in [0.25, 0.3) is 5.91 Å². The van der Waals surface area contributed by atoms with E-state index in [0.717, 1.165) is 0 Å². The number of anilines is 4. The molecule has 0 fully saturated rings. The third kappa shape index (κ3) is 5.22. The molecule has 0 saturated carbocycles. The molecular weight excluding hydrogens is 464 g/mol. The Bertz CT molecular complexity index is 1400. The van der Waals surface area contributed by atoms with Crippen LogP contribution in [0.5, 0.6) is 5.75 Å². The van der Waals surface area contributed by atoms with Gasteiger partial charge in [0.2, 0.25) is 0 Å². The maximum Gasteiger partial charge on any atom is 0.339 e. The summed E-state index contributed by atoms with van der Waals surface area (Å²) in [6.07, 6.45) is 4.35. The molecule has 0 atom stereocenters. The average Bonchev–Trinajstić information content (AvgIpc) is 3.30. The molecule has 184 valence electrons. The lowest BCUT2D eigenvalue weighted by Crippen LogP contribution is -2.14. The molecule has 12 heteroatoms. The molecule has 36 heavy (non-hydrogen) atoms. The second-order valence-corrected chi connectivity index (χ2v) is 7.51. The average molecular weight is 489 g/mol. The number of aromatic nitrogens is 5. The highest BCUT2D eigenvalue weighted by Crippen LogP contribution is 2.37. The molecule has 1 aromatic carbocycles. The van der Waals surface area contributed by atoms with E-state index in [2.05, 4.69) is 30.7 Å². The molecule has 0 unspecified atom stereocenters. The summed E-state index contributed by atoms with van der Waals surface area (Å²) in [5, 5.41) is 10.6. The number of aryl methyl sites for hydroxylation is 1. The molecule has 3 heterocycles. The van der Waals surface area contributed by atoms with Crippen molar-refractivity contribution in [3.8, 4) is 17.1 Å². The van der Waals surface area contributed by atoms with Crippen LogP contribution in [0.2, 0.25) is 0 Å². The summed E-state index contributed by atoms with van der Waals surface area (Å²) in [5.41, 5.74) is 7.72. The van der Waals surface area contributed by atoms with Crippen LogP contribution in [-0.2, 0) is 11.8 Å². The van der Waals surface area contributed by atoms with Crippen molar-refractivity contribution in [3.05, 3.63) is 66.2 Å². The predicted molar refractivity (Wildman–Crippen MR) is 133 cm³/mol. The monoisotopic (exact) mass is 488 g/mol. The second-order valence-electron chi connectivity index (χ2n) is 7.51. The maximum atomic E-state index is 12.1. The number of hydrogen-bond donors (Lipinski definition) is 3. The summed E-state index contributed by atoms with van der Waals surface area (Å²) < 4.78 is 12.2. The number of esters is 1. The van der Waals surface area contributed by atoms with E-state index in [-0.39, 0.29) is 12.2 Å². The number of rotatable bonds is 9. The molecule has 0 bridgehead atoms. The van der Waals surface area contributed by atoms with E-state index in [9.17, 15) is 9.59 Å². The summed E-state index contributed by atoms with van der Waals surface area (Å²) >= 11 is 0. The van der Waals surface area contributed by atoms with Crippen molar-refractivity contribution in [2.75, 3.05) is 24.4 Å². The van der Waals surface area contributed by atoms with Crippen molar-refractivity contribution in [2.24, 2.45) is 12.8 Å². The number of amides is 1. The largest absolute Gasteiger partial charge is 0.494 e. The molecule has 4 N–H and O–H groups in total. The molecular formula is C24H24N8O4. The van der Waals surface area contributed by atoms with E-state index in [1.165, 1.54) is 19.5 Å². The van der Waals surface area contributed by atoms with Crippen LogP contribution < -0.4 is 21.1 Å². The zero-order chi connectivity index (χ0) is 25.7. The van der Waals surface area contributed by atoms with Gasteiger partial charge in [-0.25, -0.2) is 19.7 Å². The van der Waals surface area contributed by atoms with Gasteiger partial charge < -0.3 is 25.8 Å². The van der Waals surface area contributed by atoms with Crippen molar-refractivity contribution in [3.63, 3.8) is 0 Å². The number of para-hydroxylation sites is 1. The fourth-order valence-electron chi connectivity index (χ4n) is 3.40. The van der Waals surface area contributed by atoms with Gasteiger partial charge in [-0.15, -0.1) is 0 Å². The molecule has 0 radical (unpaired) electrons. The normalized spacial score (nSPS) is 10.5. The molecule has 0 spiro atoms. The minimum atomic E-state index is -0.657. The Kier molecular flexibility index (Phi) is 7.04. The first-order valence-electron chi connectivity index (χ1n) is 10.9. The Morgan fingerprint density at radius 3 is 2.47 bits per heavy atom. The molecule has 4 aromatic rings. The lowest BCUT2D eigenvalue weighted by Gasteiger charge is -2.16. The van der Waals surface area contributed by atoms with Crippen LogP contribution in [0.4, 0.5) is 23.0 Å². The van der Waals surface area contributed by atoms with Gasteiger partial charge in [-0.1, -0.05) is 6.07 Å². The number of methoxy groups -OCH3 is 1. The number of carbonyl (C=O) groups excluding carboxylic acids is 2. The maximum absolute atomic E-state index is 12.1. The Morgan fingerprint density at radius 1 is 1.03 bits per heavy atom. The fraction of sp³-hybridized carbons (Fsp3) is 0.167. The third-order valence-electron chi connectivity index (χ3n) is 5.03. The summed E-state index contributed by atoms with van der Waals surface area (Å²) in [5.74, 6) is 0.692. The van der Waals surface area contributed by atoms with E-state index >= 15 is 0 Å². The van der Waals surface area contributed by atoms with Crippen molar-refractivity contribution in [1.82, 2.24) is 24.7 Å². The van der Waals surface area contributed by atoms with Crippen molar-refractivity contribution < 1.29 is 19.1 Å². The number of ether oxygens (including phenoxy) is 2. The van der Waals surface area contributed by atoms with Gasteiger partial charge in [0, 0.05) is 25.5 Å². The van der Waals surface area contributed by atoms with E-state index < -0.39 is 11.9 Å². The highest BCUT2D eigenvalue weighted by molar-refractivity contribution is 6.00. The number of carbonyl (C=O) groups is 2. The number of nitrogens with one attached hydrogen (secondary N) is 2. The van der Waals surface area contributed by atoms with Crippen molar-refractivity contribution in [1.29, 1.82) is 0 Å². The van der Waals surface area contributed by atoms with Crippen molar-refractivity contribution in [2.45, 2.75) is 6.92 Å². The standard InChI is InChI=1S/C24H24N8O4/c1-4-36-24(34)14-8-9-19(26-11-14)30-20-10-18(16(12-27-20)22(25)33)29-17-7-5-6-15(21(17)35-3)23-28-13-32(2)31-23/h5-13H,4H2,1-3H3,(H2,25,33)(H2,26,27,29,30). The number of hydrogen-bond acceptors (Lipinski definition) is 10. The van der Waals surface area contributed by atoms with Gasteiger partial charge in [0.1, 0.15) is 18.0 Å². The van der Waals surface area contributed by atoms with Gasteiger partial charge >= 0.3 is 5.97 Å². The molecule has 4 rings (SSSR count). The number of nitrogens with zero attached hydrogens (tertiary/aromatic N) is 5. The minimum absolute atomic E-state index is 0.176. The summed E-state index contributed by atoms with van der Waals surface area (Å²) in [4.78, 5) is 36.7. The van der Waals surface area contributed by atoms with Crippen LogP contribution in [0.25, 0.3) is 11.4 Å². The highest BCUT2D eigenvalue weighted by atomic mass is 16.5. The number of primary amides is 1. The van der Waals surface area contributed by atoms with Crippen LogP contribution >= 0.6 is 0 Å². The zero-order valence-corrected chi connectivity index (χ0v) is 19.8. The lowest BCUT2D eigenvalue weighted by molar-refractivity contribution is 0.0525. The van der Waals surface area contributed by atoms with Crippen LogP contribution in [0.3, 0.4) is 0 Å². The van der Waals surface area contributed by atoms with Gasteiger partial charge in [-0.2, -0.15) is 5.10 Å². The van der Waals surface area contributed by atoms with Crippen LogP contribution in [0.15, 0.2) is 55.1 Å². The first-order valence-corrected chi connectivity index (χ1v) is 10.9. The quantitative estimate of drug-likeness (QED) is 0.299. The van der Waals surface area contributed by atoms with E-state index in [0.29, 0.717) is 45.7 Å². The zero-order valence-electron chi connectivity index (χ0n) is 19.8. The minimum Gasteiger partial charge on any atom is -0.494 e. The summed E-state index contributed by atoms with van der Waals surface area (Å²) in [6, 6.07) is 10.3. The van der Waals surface area contributed by atoms with Gasteiger partial charge in [-0.3, -0.25) is 9.48 Å². The number of nitrogens with two attached hydrogens (primary N) is 1. The fourth-order valence-corrected chi connectivity index (χ4v) is 3.40. The van der Waals surface area contributed by atoms with E-state index in [1.807, 2.05) is 12.1 Å². The molecule has 0 aliphatic rings. The topological polar surface area (TPSA) is 159 Å². The first-order chi connectivity index (χ1) is 17.4. The number of pyridine rings is 2. The van der Waals surface area contributed by atoms with Crippen LogP contribution in [-0.4, -0.2) is 50.3 Å². The molecule has 0 saturated heterocycles. The molecule has 12 nitrogen and oxygen atoms in total. The highest BCUT2D eigenvalue weighted by Gasteiger charge is 2.17. The molecule has 1 amide bonds. The van der Waals surface area contributed by atoms with Crippen LogP contribution in [0.1, 0.15) is 27.6 Å². The predicted octanol–water partition coefficient (Wildman–Crippen LogP) is 3.04. The van der Waals surface area contributed by atoms with Crippen molar-refractivity contribution >= 4 is 34.9 Å². The van der Waals surface area contributed by atoms with E-state index in [1.54, 1.807) is 49.2 Å².